The molecule has 1 aliphatic rings. The van der Waals surface area contributed by atoms with Gasteiger partial charge in [0.1, 0.15) is 11.6 Å². The summed E-state index contributed by atoms with van der Waals surface area (Å²) in [5.41, 5.74) is 0.318. The number of ether oxygens (including phenoxy) is 1. The van der Waals surface area contributed by atoms with Crippen LogP contribution in [0, 0.1) is 0 Å². The Balaban J connectivity index is 2.21. The largest absolute Gasteiger partial charge is 0.444 e. The van der Waals surface area contributed by atoms with Gasteiger partial charge in [-0.25, -0.2) is 4.79 Å². The first kappa shape index (κ1) is 21.5. The number of amides is 2. The SMILES string of the molecule is CC(C)N(Cc1ccccc1Cl)C(=O)[C@H]1CCCCN1C(=O)OC(C)(C)C. The van der Waals surface area contributed by atoms with E-state index < -0.39 is 17.7 Å². The van der Waals surface area contributed by atoms with Crippen molar-refractivity contribution < 1.29 is 14.3 Å². The minimum absolute atomic E-state index is 0.00353. The Morgan fingerprint density at radius 2 is 1.93 bits per heavy atom. The predicted octanol–water partition coefficient (Wildman–Crippen LogP) is 4.87. The number of carbonyl (C=O) groups is 2. The van der Waals surface area contributed by atoms with Gasteiger partial charge in [-0.1, -0.05) is 29.8 Å². The van der Waals surface area contributed by atoms with Crippen LogP contribution in [0.5, 0.6) is 0 Å². The summed E-state index contributed by atoms with van der Waals surface area (Å²) in [6.07, 6.45) is 2.05. The van der Waals surface area contributed by atoms with Gasteiger partial charge in [0.15, 0.2) is 0 Å². The Hall–Kier alpha value is -1.75. The molecule has 0 aliphatic carbocycles. The van der Waals surface area contributed by atoms with E-state index in [2.05, 4.69) is 0 Å². The summed E-state index contributed by atoms with van der Waals surface area (Å²) in [6, 6.07) is 7.05. The first-order valence-corrected chi connectivity index (χ1v) is 10.0. The summed E-state index contributed by atoms with van der Waals surface area (Å²) >= 11 is 6.29. The molecule has 0 bridgehead atoms. The molecule has 2 amide bonds. The van der Waals surface area contributed by atoms with E-state index in [0.717, 1.165) is 18.4 Å². The van der Waals surface area contributed by atoms with Gasteiger partial charge in [-0.05, 0) is 65.5 Å². The van der Waals surface area contributed by atoms with Gasteiger partial charge in [0.25, 0.3) is 0 Å². The number of likely N-dealkylation sites (tertiary alicyclic amines) is 1. The van der Waals surface area contributed by atoms with E-state index in [9.17, 15) is 9.59 Å². The number of benzene rings is 1. The lowest BCUT2D eigenvalue weighted by atomic mass is 10.0. The summed E-state index contributed by atoms with van der Waals surface area (Å²) in [7, 11) is 0. The maximum atomic E-state index is 13.4. The number of carbonyl (C=O) groups excluding carboxylic acids is 2. The van der Waals surface area contributed by atoms with E-state index in [4.69, 9.17) is 16.3 Å². The molecular weight excluding hydrogens is 364 g/mol. The molecule has 0 N–H and O–H groups in total. The van der Waals surface area contributed by atoms with Crippen LogP contribution in [0.1, 0.15) is 59.4 Å². The summed E-state index contributed by atoms with van der Waals surface area (Å²) in [4.78, 5) is 29.4. The molecule has 27 heavy (non-hydrogen) atoms. The molecule has 0 unspecified atom stereocenters. The van der Waals surface area contributed by atoms with E-state index in [-0.39, 0.29) is 11.9 Å². The van der Waals surface area contributed by atoms with Gasteiger partial charge in [0.05, 0.1) is 0 Å². The van der Waals surface area contributed by atoms with Crippen molar-refractivity contribution in [2.45, 2.75) is 78.1 Å². The molecule has 0 radical (unpaired) electrons. The molecule has 150 valence electrons. The highest BCUT2D eigenvalue weighted by Crippen LogP contribution is 2.25. The molecule has 1 aromatic carbocycles. The van der Waals surface area contributed by atoms with E-state index in [0.29, 0.717) is 24.5 Å². The zero-order chi connectivity index (χ0) is 20.2. The Labute approximate surface area is 167 Å². The third kappa shape index (κ3) is 5.86. The van der Waals surface area contributed by atoms with E-state index in [1.54, 1.807) is 9.80 Å². The molecule has 1 saturated heterocycles. The Morgan fingerprint density at radius 3 is 2.52 bits per heavy atom. The standard InChI is InChI=1S/C21H31ClN2O3/c1-15(2)24(14-16-10-6-7-11-17(16)22)19(25)18-12-8-9-13-23(18)20(26)27-21(3,4)5/h6-7,10-11,15,18H,8-9,12-14H2,1-5H3/t18-/m1/s1. The van der Waals surface area contributed by atoms with Crippen molar-refractivity contribution in [1.29, 1.82) is 0 Å². The summed E-state index contributed by atoms with van der Waals surface area (Å²) in [6.45, 7) is 10.4. The average molecular weight is 395 g/mol. The van der Waals surface area contributed by atoms with Gasteiger partial charge in [0, 0.05) is 24.2 Å². The number of rotatable bonds is 4. The van der Waals surface area contributed by atoms with Crippen LogP contribution in [0.2, 0.25) is 5.02 Å². The number of hydrogen-bond donors (Lipinski definition) is 0. The second kappa shape index (κ2) is 8.96. The van der Waals surface area contributed by atoms with Crippen molar-refractivity contribution in [1.82, 2.24) is 9.80 Å². The molecule has 5 nitrogen and oxygen atoms in total. The van der Waals surface area contributed by atoms with Crippen molar-refractivity contribution in [3.63, 3.8) is 0 Å². The lowest BCUT2D eigenvalue weighted by Crippen LogP contribution is -2.55. The Kier molecular flexibility index (Phi) is 7.15. The fourth-order valence-corrected chi connectivity index (χ4v) is 3.44. The molecule has 1 aliphatic heterocycles. The first-order chi connectivity index (χ1) is 12.6. The third-order valence-electron chi connectivity index (χ3n) is 4.62. The molecule has 0 aromatic heterocycles. The Morgan fingerprint density at radius 1 is 1.26 bits per heavy atom. The van der Waals surface area contributed by atoms with Crippen molar-refractivity contribution in [3.8, 4) is 0 Å². The minimum Gasteiger partial charge on any atom is -0.444 e. The number of piperidine rings is 1. The van der Waals surface area contributed by atoms with Gasteiger partial charge in [-0.3, -0.25) is 9.69 Å². The zero-order valence-electron chi connectivity index (χ0n) is 17.0. The smallest absolute Gasteiger partial charge is 0.410 e. The highest BCUT2D eigenvalue weighted by atomic mass is 35.5. The maximum Gasteiger partial charge on any atom is 0.410 e. The van der Waals surface area contributed by atoms with Crippen LogP contribution < -0.4 is 0 Å². The van der Waals surface area contributed by atoms with E-state index in [1.165, 1.54) is 0 Å². The van der Waals surface area contributed by atoms with Gasteiger partial charge in [-0.2, -0.15) is 0 Å². The minimum atomic E-state index is -0.586. The van der Waals surface area contributed by atoms with Crippen molar-refractivity contribution in [3.05, 3.63) is 34.9 Å². The fourth-order valence-electron chi connectivity index (χ4n) is 3.24. The number of halogens is 1. The average Bonchev–Trinajstić information content (AvgIpc) is 2.58. The summed E-state index contributed by atoms with van der Waals surface area (Å²) in [5.74, 6) is -0.0459. The third-order valence-corrected chi connectivity index (χ3v) is 4.99. The molecule has 1 aromatic rings. The molecule has 1 fully saturated rings. The van der Waals surface area contributed by atoms with Crippen LogP contribution in [0.25, 0.3) is 0 Å². The quantitative estimate of drug-likeness (QED) is 0.732. The molecule has 1 heterocycles. The van der Waals surface area contributed by atoms with Crippen LogP contribution in [0.3, 0.4) is 0 Å². The van der Waals surface area contributed by atoms with Crippen molar-refractivity contribution in [2.75, 3.05) is 6.54 Å². The lowest BCUT2D eigenvalue weighted by Gasteiger charge is -2.39. The van der Waals surface area contributed by atoms with Crippen LogP contribution in [0.4, 0.5) is 4.79 Å². The normalized spacial score (nSPS) is 17.7. The van der Waals surface area contributed by atoms with Gasteiger partial charge in [-0.15, -0.1) is 0 Å². The van der Waals surface area contributed by atoms with Crippen LogP contribution in [-0.4, -0.2) is 46.0 Å². The number of hydrogen-bond acceptors (Lipinski definition) is 3. The van der Waals surface area contributed by atoms with Gasteiger partial charge in [0.2, 0.25) is 5.91 Å². The molecule has 6 heteroatoms. The Bertz CT molecular complexity index is 670. The molecule has 1 atom stereocenters. The highest BCUT2D eigenvalue weighted by Gasteiger charge is 2.37. The van der Waals surface area contributed by atoms with Crippen LogP contribution in [-0.2, 0) is 16.1 Å². The van der Waals surface area contributed by atoms with E-state index >= 15 is 0 Å². The number of nitrogens with zero attached hydrogens (tertiary/aromatic N) is 2. The van der Waals surface area contributed by atoms with Crippen LogP contribution in [0.15, 0.2) is 24.3 Å². The summed E-state index contributed by atoms with van der Waals surface area (Å²) < 4.78 is 5.53. The summed E-state index contributed by atoms with van der Waals surface area (Å²) in [5, 5.41) is 0.642. The second-order valence-corrected chi connectivity index (χ2v) is 8.74. The molecule has 0 saturated carbocycles. The topological polar surface area (TPSA) is 49.9 Å². The predicted molar refractivity (Wildman–Crippen MR) is 108 cm³/mol. The molecule has 0 spiro atoms. The lowest BCUT2D eigenvalue weighted by molar-refractivity contribution is -0.140. The van der Waals surface area contributed by atoms with Crippen LogP contribution >= 0.6 is 11.6 Å². The van der Waals surface area contributed by atoms with Crippen molar-refractivity contribution in [2.24, 2.45) is 0 Å². The fraction of sp³-hybridized carbons (Fsp3) is 0.619. The first-order valence-electron chi connectivity index (χ1n) is 9.63. The van der Waals surface area contributed by atoms with E-state index in [1.807, 2.05) is 58.9 Å². The highest BCUT2D eigenvalue weighted by molar-refractivity contribution is 6.31. The monoisotopic (exact) mass is 394 g/mol. The van der Waals surface area contributed by atoms with Crippen molar-refractivity contribution >= 4 is 23.6 Å². The second-order valence-electron chi connectivity index (χ2n) is 8.34. The maximum absolute atomic E-state index is 13.4. The molecular formula is C21H31ClN2O3. The van der Waals surface area contributed by atoms with Gasteiger partial charge < -0.3 is 9.64 Å². The zero-order valence-corrected chi connectivity index (χ0v) is 17.8. The van der Waals surface area contributed by atoms with Gasteiger partial charge >= 0.3 is 6.09 Å². The molecule has 2 rings (SSSR count).